The Hall–Kier alpha value is -10.2. The normalized spacial score (nSPS) is 10.4. The van der Waals surface area contributed by atoms with Crippen LogP contribution in [0.1, 0.15) is 97.2 Å². The van der Waals surface area contributed by atoms with Gasteiger partial charge < -0.3 is 63.1 Å². The molecule has 0 atom stereocenters. The quantitative estimate of drug-likeness (QED) is 0.0338. The fourth-order valence-electron chi connectivity index (χ4n) is 7.91. The van der Waals surface area contributed by atoms with Gasteiger partial charge in [-0.2, -0.15) is 51.1 Å². The number of nitrogens with zero attached hydrogens (tertiary/aromatic N) is 10. The molecule has 0 unspecified atom stereocenters. The summed E-state index contributed by atoms with van der Waals surface area (Å²) in [5.74, 6) is 0. The first-order valence-corrected chi connectivity index (χ1v) is 33.0. The predicted octanol–water partition coefficient (Wildman–Crippen LogP) is 17.9. The maximum absolute atomic E-state index is 5.68. The minimum atomic E-state index is 0.441. The molecule has 0 saturated carbocycles. The van der Waals surface area contributed by atoms with Crippen molar-refractivity contribution in [3.8, 4) is 0 Å². The fraction of sp³-hybridized carbons (Fsp3) is 0.231. The van der Waals surface area contributed by atoms with Crippen molar-refractivity contribution in [2.45, 2.75) is 107 Å². The van der Waals surface area contributed by atoms with Gasteiger partial charge in [-0.15, -0.1) is 0 Å². The van der Waals surface area contributed by atoms with E-state index in [-0.39, 0.29) is 0 Å². The summed E-state index contributed by atoms with van der Waals surface area (Å²) in [4.78, 5) is 0. The second-order valence-corrected chi connectivity index (χ2v) is 20.5. The molecule has 0 saturated heterocycles. The number of hydrogen-bond donors (Lipinski definition) is 11. The Morgan fingerprint density at radius 3 is 0.717 bits per heavy atom. The summed E-state index contributed by atoms with van der Waals surface area (Å²) in [6.07, 6.45) is 0. The van der Waals surface area contributed by atoms with Crippen molar-refractivity contribution in [3.05, 3.63) is 298 Å². The molecule has 0 amide bonds. The molecule has 522 valence electrons. The standard InChI is InChI=1S/C16H22N6.2C14H16N4.C14H15N3.C12H10N2.2C2H7N.2C2H6/c17-7-11-1-12(8-18)4-15(3-11)21-22-16-5-13(9-19)2-14(6-16)10-20;15-9-11-1-5-13(6-2-11)17-18-14-7-3-12(10-16)4-8-14;15-9-11-3-1-5-13(7-11)17-18-14-6-2-4-12(8-14)10-16;1-11-7-8-12(10-15)9-14(11)17-16-13-5-3-2-4-6-13;1-3-7-11(8-4-1)13-14-12-9-5-2-6-10-12;2*1-2-3;2*1-2/h1-6H,7-10,17-20H2;2*1-8H,9-10,15-16H2;2-9H,10,15H2,1H3;1-10H;2*2-3H2,1H3;2*1-2H3. The van der Waals surface area contributed by atoms with Crippen LogP contribution in [0.2, 0.25) is 0 Å². The van der Waals surface area contributed by atoms with Crippen LogP contribution in [0.15, 0.2) is 294 Å². The zero-order valence-corrected chi connectivity index (χ0v) is 58.7. The van der Waals surface area contributed by atoms with E-state index in [1.165, 1.54) is 0 Å². The van der Waals surface area contributed by atoms with Crippen molar-refractivity contribution in [1.29, 1.82) is 0 Å². The Morgan fingerprint density at radius 2 is 0.424 bits per heavy atom. The molecule has 99 heavy (non-hydrogen) atoms. The van der Waals surface area contributed by atoms with Crippen LogP contribution in [0.5, 0.6) is 0 Å². The van der Waals surface area contributed by atoms with Gasteiger partial charge in [0.15, 0.2) is 0 Å². The highest BCUT2D eigenvalue weighted by molar-refractivity contribution is 5.50. The number of nitrogens with two attached hydrogens (primary N) is 11. The molecule has 0 aliphatic rings. The third-order valence-electron chi connectivity index (χ3n) is 12.8. The van der Waals surface area contributed by atoms with Gasteiger partial charge in [-0.25, -0.2) is 0 Å². The van der Waals surface area contributed by atoms with Gasteiger partial charge in [0.2, 0.25) is 0 Å². The largest absolute Gasteiger partial charge is 0.331 e. The Labute approximate surface area is 587 Å². The number of benzene rings is 10. The summed E-state index contributed by atoms with van der Waals surface area (Å²) in [6, 6.07) is 77.5. The Morgan fingerprint density at radius 1 is 0.202 bits per heavy atom. The van der Waals surface area contributed by atoms with Crippen LogP contribution in [0, 0.1) is 6.92 Å². The van der Waals surface area contributed by atoms with Crippen LogP contribution in [0.25, 0.3) is 0 Å². The van der Waals surface area contributed by atoms with Crippen molar-refractivity contribution in [2.75, 3.05) is 13.1 Å². The van der Waals surface area contributed by atoms with Crippen LogP contribution in [0.4, 0.5) is 56.9 Å². The van der Waals surface area contributed by atoms with Crippen LogP contribution >= 0.6 is 0 Å². The van der Waals surface area contributed by atoms with E-state index in [1.54, 1.807) is 0 Å². The summed E-state index contributed by atoms with van der Waals surface area (Å²) in [6.45, 7) is 19.7. The molecule has 0 aliphatic heterocycles. The first-order valence-electron chi connectivity index (χ1n) is 33.0. The van der Waals surface area contributed by atoms with Crippen molar-refractivity contribution in [3.63, 3.8) is 0 Å². The molecule has 21 heteroatoms. The average molecular weight is 1340 g/mol. The molecule has 21 nitrogen and oxygen atoms in total. The Kier molecular flexibility index (Phi) is 46.2. The lowest BCUT2D eigenvalue weighted by molar-refractivity contribution is 1.01. The summed E-state index contributed by atoms with van der Waals surface area (Å²) in [5.41, 5.74) is 78.8. The van der Waals surface area contributed by atoms with E-state index in [0.717, 1.165) is 126 Å². The van der Waals surface area contributed by atoms with E-state index in [2.05, 4.69) is 51.1 Å². The number of azo groups is 5. The van der Waals surface area contributed by atoms with Gasteiger partial charge in [-0.3, -0.25) is 0 Å². The molecule has 0 radical (unpaired) electrons. The van der Waals surface area contributed by atoms with Gasteiger partial charge in [0.05, 0.1) is 56.9 Å². The molecule has 0 bridgehead atoms. The van der Waals surface area contributed by atoms with Crippen LogP contribution < -0.4 is 63.1 Å². The topological polar surface area (TPSA) is 410 Å². The van der Waals surface area contributed by atoms with Gasteiger partial charge in [-0.05, 0) is 191 Å². The van der Waals surface area contributed by atoms with Crippen molar-refractivity contribution in [1.82, 2.24) is 0 Å². The van der Waals surface area contributed by atoms with E-state index >= 15 is 0 Å². The Bertz CT molecular complexity index is 3620. The average Bonchev–Trinajstić information content (AvgIpc) is 1.05. The predicted molar refractivity (Wildman–Crippen MR) is 413 cm³/mol. The fourth-order valence-corrected chi connectivity index (χ4v) is 7.91. The second-order valence-electron chi connectivity index (χ2n) is 20.5. The molecular weight excluding hydrogens is 1230 g/mol. The van der Waals surface area contributed by atoms with Crippen molar-refractivity contribution < 1.29 is 0 Å². The second kappa shape index (κ2) is 53.8. The highest BCUT2D eigenvalue weighted by Crippen LogP contribution is 2.27. The molecule has 0 heterocycles. The first kappa shape index (κ1) is 84.8. The van der Waals surface area contributed by atoms with E-state index < -0.39 is 0 Å². The molecule has 0 aliphatic carbocycles. The minimum absolute atomic E-state index is 0.441. The maximum atomic E-state index is 5.68. The first-order chi connectivity index (χ1) is 48.4. The highest BCUT2D eigenvalue weighted by Gasteiger charge is 2.03. The third-order valence-corrected chi connectivity index (χ3v) is 12.8. The smallest absolute Gasteiger partial charge is 0.0889 e. The van der Waals surface area contributed by atoms with Crippen LogP contribution in [0.3, 0.4) is 0 Å². The number of rotatable bonds is 19. The number of aryl methyl sites for hydroxylation is 1. The molecule has 0 aromatic heterocycles. The molecule has 10 rings (SSSR count). The summed E-state index contributed by atoms with van der Waals surface area (Å²) < 4.78 is 0. The van der Waals surface area contributed by atoms with Gasteiger partial charge in [0.1, 0.15) is 0 Å². The van der Waals surface area contributed by atoms with Crippen LogP contribution in [-0.4, -0.2) is 13.1 Å². The van der Waals surface area contributed by atoms with Crippen molar-refractivity contribution >= 4 is 56.9 Å². The van der Waals surface area contributed by atoms with E-state index in [0.29, 0.717) is 58.9 Å². The van der Waals surface area contributed by atoms with Gasteiger partial charge in [-0.1, -0.05) is 169 Å². The highest BCUT2D eigenvalue weighted by atomic mass is 15.1. The maximum Gasteiger partial charge on any atom is 0.0889 e. The molecule has 22 N–H and O–H groups in total. The monoisotopic (exact) mass is 1340 g/mol. The lowest BCUT2D eigenvalue weighted by Gasteiger charge is -2.05. The van der Waals surface area contributed by atoms with E-state index in [9.17, 15) is 0 Å². The zero-order chi connectivity index (χ0) is 72.7. The van der Waals surface area contributed by atoms with Gasteiger partial charge in [0, 0.05) is 58.9 Å². The minimum Gasteiger partial charge on any atom is -0.331 e. The molecular formula is C78H105N21. The lowest BCUT2D eigenvalue weighted by Crippen LogP contribution is -2.01. The third kappa shape index (κ3) is 36.1. The summed E-state index contributed by atoms with van der Waals surface area (Å²) >= 11 is 0. The van der Waals surface area contributed by atoms with Gasteiger partial charge in [0.25, 0.3) is 0 Å². The number of hydrogen-bond acceptors (Lipinski definition) is 21. The molecule has 0 fully saturated rings. The molecule has 0 spiro atoms. The van der Waals surface area contributed by atoms with E-state index in [1.807, 2.05) is 291 Å². The molecule has 10 aromatic rings. The molecule has 10 aromatic carbocycles. The van der Waals surface area contributed by atoms with Crippen molar-refractivity contribution in [2.24, 2.45) is 114 Å². The Balaban J connectivity index is 0.000000409. The summed E-state index contributed by atoms with van der Waals surface area (Å²) in [5, 5.41) is 41.9. The van der Waals surface area contributed by atoms with E-state index in [4.69, 9.17) is 63.1 Å². The van der Waals surface area contributed by atoms with Crippen LogP contribution in [-0.2, 0) is 58.9 Å². The van der Waals surface area contributed by atoms with Gasteiger partial charge >= 0.3 is 0 Å². The lowest BCUT2D eigenvalue weighted by atomic mass is 10.1. The SMILES string of the molecule is CC.CC.CCN.CCN.Cc1ccc(CN)cc1N=Nc1ccccc1.NCc1cc(CN)cc(N=Nc2cc(CN)cc(CN)c2)c1.NCc1ccc(N=Nc2ccc(CN)cc2)cc1.NCc1cccc(N=Nc2cccc(CN)c2)c1.c1ccc(N=Nc2ccccc2)cc1. The zero-order valence-electron chi connectivity index (χ0n) is 58.7. The summed E-state index contributed by atoms with van der Waals surface area (Å²) in [7, 11) is 0.